The van der Waals surface area contributed by atoms with Gasteiger partial charge in [0.15, 0.2) is 18.1 Å². The van der Waals surface area contributed by atoms with E-state index in [0.717, 1.165) is 36.3 Å². The Hall–Kier alpha value is -4.47. The molecule has 198 valence electrons. The van der Waals surface area contributed by atoms with Crippen LogP contribution in [-0.2, 0) is 9.53 Å². The largest absolute Gasteiger partial charge is 0.493 e. The van der Waals surface area contributed by atoms with Crippen LogP contribution in [0.5, 0.6) is 17.2 Å². The molecule has 1 fully saturated rings. The van der Waals surface area contributed by atoms with Crippen LogP contribution in [-0.4, -0.2) is 50.5 Å². The van der Waals surface area contributed by atoms with Gasteiger partial charge in [-0.15, -0.1) is 0 Å². The number of benzene rings is 1. The highest BCUT2D eigenvalue weighted by Gasteiger charge is 2.45. The van der Waals surface area contributed by atoms with Crippen LogP contribution in [0.2, 0.25) is 0 Å². The van der Waals surface area contributed by atoms with Gasteiger partial charge in [-0.3, -0.25) is 4.79 Å². The third-order valence-electron chi connectivity index (χ3n) is 6.70. The summed E-state index contributed by atoms with van der Waals surface area (Å²) in [6.45, 7) is -0.520. The van der Waals surface area contributed by atoms with Crippen molar-refractivity contribution in [1.82, 2.24) is 5.01 Å². The summed E-state index contributed by atoms with van der Waals surface area (Å²) in [6, 6.07) is 9.93. The van der Waals surface area contributed by atoms with Crippen LogP contribution in [0.1, 0.15) is 47.2 Å². The Morgan fingerprint density at radius 1 is 1.03 bits per heavy atom. The Bertz CT molecular complexity index is 1360. The van der Waals surface area contributed by atoms with Crippen LogP contribution in [0, 0.1) is 5.92 Å². The molecule has 1 aliphatic heterocycles. The molecular formula is C28H28N2O8. The van der Waals surface area contributed by atoms with Gasteiger partial charge in [-0.1, -0.05) is 0 Å². The summed E-state index contributed by atoms with van der Waals surface area (Å²) in [6.07, 6.45) is 7.74. The fourth-order valence-electron chi connectivity index (χ4n) is 5.02. The highest BCUT2D eigenvalue weighted by Crippen LogP contribution is 2.45. The Labute approximate surface area is 219 Å². The molecule has 0 bridgehead atoms. The van der Waals surface area contributed by atoms with E-state index in [0.29, 0.717) is 11.5 Å². The number of fused-ring (bicyclic) bond motifs is 1. The van der Waals surface area contributed by atoms with Gasteiger partial charge < -0.3 is 27.8 Å². The summed E-state index contributed by atoms with van der Waals surface area (Å²) >= 11 is 0. The fraction of sp³-hybridized carbons (Fsp3) is 0.321. The van der Waals surface area contributed by atoms with E-state index in [1.807, 2.05) is 24.3 Å². The molecule has 3 heterocycles. The third kappa shape index (κ3) is 4.65. The zero-order chi connectivity index (χ0) is 26.6. The van der Waals surface area contributed by atoms with Crippen LogP contribution in [0.4, 0.5) is 0 Å². The first-order chi connectivity index (χ1) is 18.5. The molecule has 10 nitrogen and oxygen atoms in total. The molecule has 0 spiro atoms. The summed E-state index contributed by atoms with van der Waals surface area (Å²) in [5.74, 6) is 0.868. The maximum absolute atomic E-state index is 13.4. The van der Waals surface area contributed by atoms with Crippen molar-refractivity contribution >= 4 is 23.7 Å². The average Bonchev–Trinajstić information content (AvgIpc) is 3.72. The second-order valence-corrected chi connectivity index (χ2v) is 8.83. The van der Waals surface area contributed by atoms with Gasteiger partial charge in [0.1, 0.15) is 23.1 Å². The number of hydrogen-bond acceptors (Lipinski definition) is 9. The lowest BCUT2D eigenvalue weighted by molar-refractivity contribution is -0.137. The lowest BCUT2D eigenvalue weighted by atomic mass is 9.79. The number of amides is 1. The summed E-state index contributed by atoms with van der Waals surface area (Å²) in [4.78, 5) is 26.4. The van der Waals surface area contributed by atoms with Crippen LogP contribution in [0.15, 0.2) is 68.4 Å². The van der Waals surface area contributed by atoms with Gasteiger partial charge in [-0.25, -0.2) is 9.80 Å². The first-order valence-electron chi connectivity index (χ1n) is 12.2. The maximum Gasteiger partial charge on any atom is 0.342 e. The fourth-order valence-corrected chi connectivity index (χ4v) is 5.02. The summed E-state index contributed by atoms with van der Waals surface area (Å²) in [5, 5.41) is 6.10. The van der Waals surface area contributed by atoms with Crippen molar-refractivity contribution in [2.45, 2.75) is 25.3 Å². The molecule has 2 atom stereocenters. The van der Waals surface area contributed by atoms with Crippen LogP contribution >= 0.6 is 0 Å². The van der Waals surface area contributed by atoms with E-state index in [9.17, 15) is 9.59 Å². The minimum Gasteiger partial charge on any atom is -0.493 e. The summed E-state index contributed by atoms with van der Waals surface area (Å²) in [7, 11) is 4.32. The summed E-state index contributed by atoms with van der Waals surface area (Å²) < 4.78 is 32.6. The average molecular weight is 521 g/mol. The Kier molecular flexibility index (Phi) is 7.21. The summed E-state index contributed by atoms with van der Waals surface area (Å²) in [5.41, 5.74) is 1.93. The van der Waals surface area contributed by atoms with Crippen molar-refractivity contribution in [3.63, 3.8) is 0 Å². The van der Waals surface area contributed by atoms with Gasteiger partial charge >= 0.3 is 5.97 Å². The molecular weight excluding hydrogens is 492 g/mol. The van der Waals surface area contributed by atoms with Crippen molar-refractivity contribution in [3.05, 3.63) is 71.6 Å². The molecule has 0 saturated heterocycles. The molecule has 10 heteroatoms. The molecule has 2 unspecified atom stereocenters. The molecule has 38 heavy (non-hydrogen) atoms. The van der Waals surface area contributed by atoms with Gasteiger partial charge in [-0.2, -0.15) is 5.10 Å². The molecule has 0 radical (unpaired) electrons. The number of esters is 1. The molecule has 2 aliphatic rings. The minimum absolute atomic E-state index is 0.0540. The number of hydrazone groups is 1. The Balaban J connectivity index is 1.39. The second kappa shape index (κ2) is 10.9. The zero-order valence-electron chi connectivity index (χ0n) is 21.3. The van der Waals surface area contributed by atoms with E-state index < -0.39 is 24.5 Å². The molecule has 1 amide bonds. The number of carbonyl (C=O) groups excluding carboxylic acids is 2. The monoisotopic (exact) mass is 520 g/mol. The number of furan rings is 2. The maximum atomic E-state index is 13.4. The number of ether oxygens (including phenoxy) is 4. The first-order valence-corrected chi connectivity index (χ1v) is 12.2. The van der Waals surface area contributed by atoms with Crippen molar-refractivity contribution in [3.8, 4) is 17.2 Å². The molecule has 3 aromatic rings. The minimum atomic E-state index is -0.742. The molecule has 2 aromatic heterocycles. The predicted molar refractivity (Wildman–Crippen MR) is 136 cm³/mol. The number of methoxy groups -OCH3 is 3. The normalized spacial score (nSPS) is 19.6. The first kappa shape index (κ1) is 25.2. The highest BCUT2D eigenvalue weighted by molar-refractivity contribution is 6.08. The van der Waals surface area contributed by atoms with Crippen molar-refractivity contribution in [2.24, 2.45) is 11.0 Å². The second-order valence-electron chi connectivity index (χ2n) is 8.83. The molecule has 0 N–H and O–H groups in total. The zero-order valence-corrected chi connectivity index (χ0v) is 21.3. The van der Waals surface area contributed by atoms with E-state index in [-0.39, 0.29) is 23.0 Å². The van der Waals surface area contributed by atoms with Gasteiger partial charge in [0.25, 0.3) is 5.91 Å². The quantitative estimate of drug-likeness (QED) is 0.386. The van der Waals surface area contributed by atoms with Crippen molar-refractivity contribution < 1.29 is 37.4 Å². The van der Waals surface area contributed by atoms with Crippen LogP contribution in [0.25, 0.3) is 6.08 Å². The van der Waals surface area contributed by atoms with Crippen LogP contribution in [0.3, 0.4) is 0 Å². The smallest absolute Gasteiger partial charge is 0.342 e. The van der Waals surface area contributed by atoms with E-state index in [4.69, 9.17) is 32.9 Å². The number of allylic oxidation sites excluding steroid dienone is 1. The molecule has 1 aliphatic carbocycles. The van der Waals surface area contributed by atoms with E-state index in [1.54, 1.807) is 24.7 Å². The topological polar surface area (TPSA) is 113 Å². The van der Waals surface area contributed by atoms with E-state index >= 15 is 0 Å². The lowest BCUT2D eigenvalue weighted by Crippen LogP contribution is -2.34. The number of rotatable bonds is 8. The lowest BCUT2D eigenvalue weighted by Gasteiger charge is -2.27. The standard InChI is InChI=1S/C28H28N2O8/c1-33-22-12-11-20(26(34-2)27(22)35-3)28(32)38-16-23(31)30-25(21-10-6-14-37-21)19-9-4-7-17(24(19)29-30)15-18-8-5-13-36-18/h5-6,8,10-15,19,25H,4,7,9,16H2,1-3H3. The Morgan fingerprint density at radius 2 is 1.82 bits per heavy atom. The SMILES string of the molecule is COc1ccc(C(=O)OCC(=O)N2N=C3C(=Cc4ccco4)CCCC3C2c2ccco2)c(OC)c1OC. The molecule has 1 saturated carbocycles. The number of carbonyl (C=O) groups is 2. The van der Waals surface area contributed by atoms with Crippen molar-refractivity contribution in [1.29, 1.82) is 0 Å². The van der Waals surface area contributed by atoms with Gasteiger partial charge in [-0.05, 0) is 67.3 Å². The van der Waals surface area contributed by atoms with Crippen molar-refractivity contribution in [2.75, 3.05) is 27.9 Å². The molecule has 5 rings (SSSR count). The van der Waals surface area contributed by atoms with Gasteiger partial charge in [0.05, 0.1) is 39.6 Å². The van der Waals surface area contributed by atoms with E-state index in [1.165, 1.54) is 32.4 Å². The predicted octanol–water partition coefficient (Wildman–Crippen LogP) is 4.88. The van der Waals surface area contributed by atoms with Crippen LogP contribution < -0.4 is 14.2 Å². The third-order valence-corrected chi connectivity index (χ3v) is 6.70. The van der Waals surface area contributed by atoms with E-state index in [2.05, 4.69) is 0 Å². The van der Waals surface area contributed by atoms with Gasteiger partial charge in [0.2, 0.25) is 5.75 Å². The highest BCUT2D eigenvalue weighted by atomic mass is 16.5. The number of nitrogens with zero attached hydrogens (tertiary/aromatic N) is 2. The van der Waals surface area contributed by atoms with Gasteiger partial charge in [0, 0.05) is 5.92 Å². The number of hydrogen-bond donors (Lipinski definition) is 0. The Morgan fingerprint density at radius 3 is 2.50 bits per heavy atom. The molecule has 1 aromatic carbocycles.